The average Bonchev–Trinajstić information content (AvgIpc) is 3.64. The third-order valence-electron chi connectivity index (χ3n) is 6.56. The van der Waals surface area contributed by atoms with Gasteiger partial charge in [0.25, 0.3) is 11.7 Å². The van der Waals surface area contributed by atoms with Crippen LogP contribution in [0.1, 0.15) is 40.7 Å². The van der Waals surface area contributed by atoms with Crippen LogP contribution in [-0.2, 0) is 22.7 Å². The number of rotatable bonds is 9. The SMILES string of the molecule is Cc1cccc(COc2ccc(/C(O)=C3\C(=O)C(=O)N(CCCn4ccnc4)[C@@H]3c3ccc(C)o3)cc2)c1. The number of furan rings is 1. The molecule has 0 aliphatic carbocycles. The molecule has 1 aliphatic rings. The van der Waals surface area contributed by atoms with Crippen molar-refractivity contribution in [3.8, 4) is 5.75 Å². The molecule has 0 bridgehead atoms. The lowest BCUT2D eigenvalue weighted by molar-refractivity contribution is -0.140. The molecule has 1 saturated heterocycles. The van der Waals surface area contributed by atoms with Gasteiger partial charge in [0.2, 0.25) is 0 Å². The van der Waals surface area contributed by atoms with E-state index in [9.17, 15) is 14.7 Å². The van der Waals surface area contributed by atoms with Gasteiger partial charge >= 0.3 is 0 Å². The van der Waals surface area contributed by atoms with Crippen LogP contribution in [0.5, 0.6) is 5.75 Å². The van der Waals surface area contributed by atoms with E-state index in [2.05, 4.69) is 11.1 Å². The maximum atomic E-state index is 13.2. The molecule has 1 fully saturated rings. The van der Waals surface area contributed by atoms with Gasteiger partial charge in [-0.15, -0.1) is 0 Å². The molecule has 38 heavy (non-hydrogen) atoms. The van der Waals surface area contributed by atoms with Crippen LogP contribution in [0.3, 0.4) is 0 Å². The quantitative estimate of drug-likeness (QED) is 0.189. The molecule has 8 nitrogen and oxygen atoms in total. The Morgan fingerprint density at radius 1 is 1.05 bits per heavy atom. The van der Waals surface area contributed by atoms with E-state index in [1.165, 1.54) is 4.90 Å². The van der Waals surface area contributed by atoms with Gasteiger partial charge < -0.3 is 23.7 Å². The molecule has 1 aliphatic heterocycles. The molecule has 0 spiro atoms. The van der Waals surface area contributed by atoms with Crippen LogP contribution in [-0.4, -0.2) is 37.8 Å². The third-order valence-corrected chi connectivity index (χ3v) is 6.56. The van der Waals surface area contributed by atoms with Gasteiger partial charge in [-0.3, -0.25) is 9.59 Å². The summed E-state index contributed by atoms with van der Waals surface area (Å²) >= 11 is 0. The first-order chi connectivity index (χ1) is 18.4. The molecule has 4 aromatic rings. The normalized spacial score (nSPS) is 16.8. The zero-order valence-electron chi connectivity index (χ0n) is 21.3. The van der Waals surface area contributed by atoms with E-state index in [0.717, 1.165) is 11.1 Å². The molecular weight excluding hydrogens is 482 g/mol. The van der Waals surface area contributed by atoms with Crippen molar-refractivity contribution in [2.45, 2.75) is 39.5 Å². The fourth-order valence-electron chi connectivity index (χ4n) is 4.68. The highest BCUT2D eigenvalue weighted by atomic mass is 16.5. The van der Waals surface area contributed by atoms with E-state index in [-0.39, 0.29) is 11.3 Å². The van der Waals surface area contributed by atoms with Crippen molar-refractivity contribution in [3.05, 3.63) is 113 Å². The number of likely N-dealkylation sites (tertiary alicyclic amines) is 1. The first kappa shape index (κ1) is 25.1. The van der Waals surface area contributed by atoms with Gasteiger partial charge in [0.15, 0.2) is 0 Å². The summed E-state index contributed by atoms with van der Waals surface area (Å²) in [5, 5.41) is 11.3. The van der Waals surface area contributed by atoms with E-state index in [4.69, 9.17) is 9.15 Å². The van der Waals surface area contributed by atoms with Crippen LogP contribution < -0.4 is 4.74 Å². The standard InChI is InChI=1S/C30H29N3O5/c1-20-5-3-6-22(17-20)18-37-24-10-8-23(9-11-24)28(34)26-27(25-12-7-21(2)38-25)33(30(36)29(26)35)15-4-14-32-16-13-31-19-32/h3,5-13,16-17,19,27,34H,4,14-15,18H2,1-2H3/b28-26+/t27-/m1/s1. The maximum absolute atomic E-state index is 13.2. The van der Waals surface area contributed by atoms with Crippen molar-refractivity contribution < 1.29 is 23.8 Å². The van der Waals surface area contributed by atoms with Crippen molar-refractivity contribution in [2.24, 2.45) is 0 Å². The van der Waals surface area contributed by atoms with Crippen LogP contribution in [0.2, 0.25) is 0 Å². The van der Waals surface area contributed by atoms with Crippen molar-refractivity contribution in [2.75, 3.05) is 6.54 Å². The maximum Gasteiger partial charge on any atom is 0.295 e. The topological polar surface area (TPSA) is 97.8 Å². The first-order valence-corrected chi connectivity index (χ1v) is 12.5. The predicted molar refractivity (Wildman–Crippen MR) is 141 cm³/mol. The van der Waals surface area contributed by atoms with Crippen molar-refractivity contribution in [1.29, 1.82) is 0 Å². The molecule has 5 rings (SSSR count). The Balaban J connectivity index is 1.39. The zero-order chi connectivity index (χ0) is 26.6. The number of aliphatic hydroxyl groups is 1. The number of hydrogen-bond donors (Lipinski definition) is 1. The number of Topliss-reactive ketones (excluding diaryl/α,β-unsaturated/α-hetero) is 1. The van der Waals surface area contributed by atoms with Crippen molar-refractivity contribution >= 4 is 17.4 Å². The van der Waals surface area contributed by atoms with E-state index in [1.807, 2.05) is 35.9 Å². The zero-order valence-corrected chi connectivity index (χ0v) is 21.3. The molecule has 3 heterocycles. The molecule has 194 valence electrons. The van der Waals surface area contributed by atoms with Crippen LogP contribution in [0.25, 0.3) is 5.76 Å². The molecule has 0 radical (unpaired) electrons. The number of imidazole rings is 1. The summed E-state index contributed by atoms with van der Waals surface area (Å²) in [6.07, 6.45) is 5.84. The van der Waals surface area contributed by atoms with Gasteiger partial charge in [-0.05, 0) is 62.2 Å². The number of aliphatic hydroxyl groups excluding tert-OH is 1. The number of amides is 1. The van der Waals surface area contributed by atoms with Gasteiger partial charge in [0.05, 0.1) is 11.9 Å². The van der Waals surface area contributed by atoms with E-state index >= 15 is 0 Å². The molecule has 2 aromatic heterocycles. The highest BCUT2D eigenvalue weighted by Gasteiger charge is 2.47. The second-order valence-corrected chi connectivity index (χ2v) is 9.40. The summed E-state index contributed by atoms with van der Waals surface area (Å²) in [6, 6.07) is 17.6. The summed E-state index contributed by atoms with van der Waals surface area (Å²) in [6.45, 7) is 5.19. The Labute approximate surface area is 220 Å². The van der Waals surface area contributed by atoms with Crippen LogP contribution >= 0.6 is 0 Å². The van der Waals surface area contributed by atoms with Crippen molar-refractivity contribution in [3.63, 3.8) is 0 Å². The number of ether oxygens (including phenoxy) is 1. The van der Waals surface area contributed by atoms with E-state index in [1.54, 1.807) is 55.8 Å². The minimum absolute atomic E-state index is 0.0143. The number of nitrogens with zero attached hydrogens (tertiary/aromatic N) is 3. The summed E-state index contributed by atoms with van der Waals surface area (Å²) in [7, 11) is 0. The second-order valence-electron chi connectivity index (χ2n) is 9.40. The highest BCUT2D eigenvalue weighted by molar-refractivity contribution is 6.46. The lowest BCUT2D eigenvalue weighted by atomic mass is 9.99. The molecule has 8 heteroatoms. The van der Waals surface area contributed by atoms with Crippen LogP contribution in [0, 0.1) is 13.8 Å². The van der Waals surface area contributed by atoms with Crippen LogP contribution in [0.15, 0.2) is 89.4 Å². The number of carbonyl (C=O) groups is 2. The third kappa shape index (κ3) is 5.25. The number of hydrogen-bond acceptors (Lipinski definition) is 6. The van der Waals surface area contributed by atoms with Crippen LogP contribution in [0.4, 0.5) is 0 Å². The Bertz CT molecular complexity index is 1470. The Kier molecular flexibility index (Phi) is 7.13. The molecular formula is C30H29N3O5. The fourth-order valence-corrected chi connectivity index (χ4v) is 4.68. The second kappa shape index (κ2) is 10.8. The first-order valence-electron chi connectivity index (χ1n) is 12.5. The van der Waals surface area contributed by atoms with Crippen molar-refractivity contribution in [1.82, 2.24) is 14.5 Å². The van der Waals surface area contributed by atoms with Gasteiger partial charge in [-0.2, -0.15) is 0 Å². The Morgan fingerprint density at radius 2 is 1.87 bits per heavy atom. The summed E-state index contributed by atoms with van der Waals surface area (Å²) in [5.74, 6) is 0.0763. The van der Waals surface area contributed by atoms with Gasteiger partial charge in [0, 0.05) is 31.0 Å². The number of benzene rings is 2. The summed E-state index contributed by atoms with van der Waals surface area (Å²) < 4.78 is 13.6. The number of aromatic nitrogens is 2. The lowest BCUT2D eigenvalue weighted by Crippen LogP contribution is -2.31. The van der Waals surface area contributed by atoms with Gasteiger partial charge in [-0.25, -0.2) is 4.98 Å². The minimum Gasteiger partial charge on any atom is -0.507 e. The fraction of sp³-hybridized carbons (Fsp3) is 0.233. The lowest BCUT2D eigenvalue weighted by Gasteiger charge is -2.23. The van der Waals surface area contributed by atoms with E-state index in [0.29, 0.717) is 49.0 Å². The number of ketones is 1. The van der Waals surface area contributed by atoms with Gasteiger partial charge in [0.1, 0.15) is 35.7 Å². The Morgan fingerprint density at radius 3 is 2.55 bits per heavy atom. The minimum atomic E-state index is -0.816. The smallest absolute Gasteiger partial charge is 0.295 e. The molecule has 1 atom stereocenters. The molecule has 1 amide bonds. The molecule has 0 unspecified atom stereocenters. The Hall–Kier alpha value is -4.59. The average molecular weight is 512 g/mol. The summed E-state index contributed by atoms with van der Waals surface area (Å²) in [4.78, 5) is 31.8. The highest BCUT2D eigenvalue weighted by Crippen LogP contribution is 2.40. The monoisotopic (exact) mass is 511 g/mol. The molecule has 1 N–H and O–H groups in total. The largest absolute Gasteiger partial charge is 0.507 e. The van der Waals surface area contributed by atoms with Gasteiger partial charge in [-0.1, -0.05) is 29.8 Å². The number of aryl methyl sites for hydroxylation is 3. The molecule has 0 saturated carbocycles. The summed E-state index contributed by atoms with van der Waals surface area (Å²) in [5.41, 5.74) is 2.64. The number of carbonyl (C=O) groups excluding carboxylic acids is 2. The predicted octanol–water partition coefficient (Wildman–Crippen LogP) is 5.18. The molecule has 2 aromatic carbocycles. The van der Waals surface area contributed by atoms with E-state index < -0.39 is 17.7 Å².